The van der Waals surface area contributed by atoms with E-state index in [9.17, 15) is 9.59 Å². The fraction of sp³-hybridized carbons (Fsp3) is 0.857. The number of rotatable bonds is 5. The van der Waals surface area contributed by atoms with Gasteiger partial charge in [-0.2, -0.15) is 0 Å². The number of carboxylic acids is 1. The minimum atomic E-state index is -0.815. The maximum absolute atomic E-state index is 12.1. The Morgan fingerprint density at radius 3 is 2.58 bits per heavy atom. The zero-order valence-corrected chi connectivity index (χ0v) is 11.8. The second kappa shape index (κ2) is 5.12. The number of amides is 1. The number of fused-ring (bicyclic) bond motifs is 1. The number of hydrogen-bond donors (Lipinski definition) is 2. The number of ether oxygens (including phenoxy) is 1. The molecule has 2 N–H and O–H groups in total. The van der Waals surface area contributed by atoms with Gasteiger partial charge in [-0.1, -0.05) is 0 Å². The van der Waals surface area contributed by atoms with E-state index in [2.05, 4.69) is 5.32 Å². The molecule has 19 heavy (non-hydrogen) atoms. The largest absolute Gasteiger partial charge is 0.481 e. The molecular formula is C14H23NO4. The number of nitrogens with one attached hydrogen (secondary N) is 1. The van der Waals surface area contributed by atoms with Crippen LogP contribution in [-0.2, 0) is 14.3 Å². The van der Waals surface area contributed by atoms with Gasteiger partial charge in [0.05, 0.1) is 5.92 Å². The Balaban J connectivity index is 1.86. The smallest absolute Gasteiger partial charge is 0.306 e. The Bertz CT molecular complexity index is 380. The summed E-state index contributed by atoms with van der Waals surface area (Å²) in [6.45, 7) is 5.88. The minimum Gasteiger partial charge on any atom is -0.481 e. The second-order valence-electron chi connectivity index (χ2n) is 6.19. The highest BCUT2D eigenvalue weighted by Crippen LogP contribution is 2.49. The van der Waals surface area contributed by atoms with Crippen molar-refractivity contribution in [3.63, 3.8) is 0 Å². The molecule has 0 heterocycles. The van der Waals surface area contributed by atoms with Crippen molar-refractivity contribution in [1.82, 2.24) is 5.32 Å². The van der Waals surface area contributed by atoms with E-state index < -0.39 is 11.6 Å². The Labute approximate surface area is 113 Å². The predicted octanol–water partition coefficient (Wildman–Crippen LogP) is 1.42. The molecule has 1 unspecified atom stereocenters. The third-order valence-corrected chi connectivity index (χ3v) is 4.54. The van der Waals surface area contributed by atoms with Crippen LogP contribution < -0.4 is 5.32 Å². The van der Waals surface area contributed by atoms with Crippen LogP contribution in [0.25, 0.3) is 0 Å². The van der Waals surface area contributed by atoms with E-state index in [-0.39, 0.29) is 17.9 Å². The lowest BCUT2D eigenvalue weighted by Gasteiger charge is -2.42. The van der Waals surface area contributed by atoms with Crippen LogP contribution in [0.2, 0.25) is 0 Å². The first-order valence-corrected chi connectivity index (χ1v) is 7.03. The van der Waals surface area contributed by atoms with Crippen molar-refractivity contribution in [3.05, 3.63) is 0 Å². The first kappa shape index (κ1) is 14.3. The molecule has 2 aliphatic carbocycles. The zero-order valence-electron chi connectivity index (χ0n) is 11.8. The van der Waals surface area contributed by atoms with Gasteiger partial charge in [-0.05, 0) is 51.9 Å². The quantitative estimate of drug-likeness (QED) is 0.791. The molecule has 0 bridgehead atoms. The van der Waals surface area contributed by atoms with E-state index in [0.717, 1.165) is 12.8 Å². The molecule has 2 rings (SSSR count). The molecule has 0 aliphatic heterocycles. The lowest BCUT2D eigenvalue weighted by Crippen LogP contribution is -2.55. The van der Waals surface area contributed by atoms with Crippen LogP contribution in [0.15, 0.2) is 0 Å². The number of carboxylic acid groups (broad SMARTS) is 1. The fourth-order valence-electron chi connectivity index (χ4n) is 3.36. The van der Waals surface area contributed by atoms with Gasteiger partial charge in [-0.25, -0.2) is 0 Å². The van der Waals surface area contributed by atoms with Gasteiger partial charge in [0, 0.05) is 12.6 Å². The van der Waals surface area contributed by atoms with E-state index in [4.69, 9.17) is 9.84 Å². The highest BCUT2D eigenvalue weighted by Gasteiger charge is 2.50. The molecule has 108 valence electrons. The molecule has 2 fully saturated rings. The highest BCUT2D eigenvalue weighted by atomic mass is 16.5. The highest BCUT2D eigenvalue weighted by molar-refractivity contribution is 5.84. The Morgan fingerprint density at radius 1 is 1.32 bits per heavy atom. The average molecular weight is 269 g/mol. The van der Waals surface area contributed by atoms with Crippen LogP contribution in [0.5, 0.6) is 0 Å². The SMILES string of the molecule is CCOC(C)(C)C(=O)N[C@@H]1C[C@@H]2CC(C(=O)O)C[C@@H]21. The summed E-state index contributed by atoms with van der Waals surface area (Å²) in [7, 11) is 0. The molecule has 0 radical (unpaired) electrons. The summed E-state index contributed by atoms with van der Waals surface area (Å²) in [4.78, 5) is 23.1. The van der Waals surface area contributed by atoms with Crippen LogP contribution in [-0.4, -0.2) is 35.2 Å². The number of hydrogen-bond acceptors (Lipinski definition) is 3. The molecule has 0 aromatic rings. The van der Waals surface area contributed by atoms with Gasteiger partial charge in [-0.15, -0.1) is 0 Å². The molecule has 4 atom stereocenters. The van der Waals surface area contributed by atoms with E-state index in [0.29, 0.717) is 24.9 Å². The molecule has 0 aromatic heterocycles. The van der Waals surface area contributed by atoms with Crippen molar-refractivity contribution in [2.24, 2.45) is 17.8 Å². The van der Waals surface area contributed by atoms with Crippen molar-refractivity contribution >= 4 is 11.9 Å². The van der Waals surface area contributed by atoms with E-state index >= 15 is 0 Å². The standard InChI is InChI=1S/C14H23NO4/c1-4-19-14(2,3)13(18)15-11-7-8-5-9(12(16)17)6-10(8)11/h8-11H,4-7H2,1-3H3,(H,15,18)(H,16,17)/t8-,9?,10-,11+/m0/s1. The average Bonchev–Trinajstić information content (AvgIpc) is 2.63. The maximum Gasteiger partial charge on any atom is 0.306 e. The van der Waals surface area contributed by atoms with Gasteiger partial charge in [0.25, 0.3) is 5.91 Å². The van der Waals surface area contributed by atoms with Gasteiger partial charge in [0.2, 0.25) is 0 Å². The van der Waals surface area contributed by atoms with E-state index in [1.807, 2.05) is 6.92 Å². The van der Waals surface area contributed by atoms with Crippen molar-refractivity contribution in [3.8, 4) is 0 Å². The molecule has 0 spiro atoms. The molecule has 5 nitrogen and oxygen atoms in total. The predicted molar refractivity (Wildman–Crippen MR) is 69.6 cm³/mol. The summed E-state index contributed by atoms with van der Waals surface area (Å²) < 4.78 is 5.43. The van der Waals surface area contributed by atoms with Gasteiger partial charge in [-0.3, -0.25) is 9.59 Å². The van der Waals surface area contributed by atoms with Crippen LogP contribution >= 0.6 is 0 Å². The van der Waals surface area contributed by atoms with Gasteiger partial charge < -0.3 is 15.2 Å². The minimum absolute atomic E-state index is 0.100. The summed E-state index contributed by atoms with van der Waals surface area (Å²) in [5.74, 6) is -0.216. The van der Waals surface area contributed by atoms with E-state index in [1.165, 1.54) is 0 Å². The third kappa shape index (κ3) is 2.76. The van der Waals surface area contributed by atoms with Crippen LogP contribution in [0.1, 0.15) is 40.0 Å². The molecular weight excluding hydrogens is 246 g/mol. The van der Waals surface area contributed by atoms with Crippen molar-refractivity contribution in [2.75, 3.05) is 6.61 Å². The Morgan fingerprint density at radius 2 is 2.00 bits per heavy atom. The molecule has 1 amide bonds. The first-order chi connectivity index (χ1) is 8.85. The summed E-state index contributed by atoms with van der Waals surface area (Å²) in [6.07, 6.45) is 2.36. The fourth-order valence-corrected chi connectivity index (χ4v) is 3.36. The second-order valence-corrected chi connectivity index (χ2v) is 6.19. The summed E-state index contributed by atoms with van der Waals surface area (Å²) in [5, 5.41) is 12.1. The molecule has 0 aromatic carbocycles. The van der Waals surface area contributed by atoms with E-state index in [1.54, 1.807) is 13.8 Å². The molecule has 5 heteroatoms. The summed E-state index contributed by atoms with van der Waals surface area (Å²) >= 11 is 0. The number of carbonyl (C=O) groups is 2. The maximum atomic E-state index is 12.1. The lowest BCUT2D eigenvalue weighted by molar-refractivity contribution is -0.144. The molecule has 2 aliphatic rings. The summed E-state index contributed by atoms with van der Waals surface area (Å²) in [5.41, 5.74) is -0.815. The number of carbonyl (C=O) groups excluding carboxylic acids is 1. The Kier molecular flexibility index (Phi) is 3.85. The van der Waals surface area contributed by atoms with Crippen LogP contribution in [0, 0.1) is 17.8 Å². The van der Waals surface area contributed by atoms with Crippen LogP contribution in [0.3, 0.4) is 0 Å². The summed E-state index contributed by atoms with van der Waals surface area (Å²) in [6, 6.07) is 0.126. The first-order valence-electron chi connectivity index (χ1n) is 7.03. The normalized spacial score (nSPS) is 33.4. The van der Waals surface area contributed by atoms with Crippen molar-refractivity contribution in [1.29, 1.82) is 0 Å². The molecule has 2 saturated carbocycles. The third-order valence-electron chi connectivity index (χ3n) is 4.54. The number of aliphatic carboxylic acids is 1. The van der Waals surface area contributed by atoms with Crippen LogP contribution in [0.4, 0.5) is 0 Å². The molecule has 0 saturated heterocycles. The Hall–Kier alpha value is -1.10. The van der Waals surface area contributed by atoms with Crippen molar-refractivity contribution < 1.29 is 19.4 Å². The lowest BCUT2D eigenvalue weighted by atomic mass is 9.71. The van der Waals surface area contributed by atoms with Gasteiger partial charge in [0.1, 0.15) is 5.60 Å². The zero-order chi connectivity index (χ0) is 14.2. The monoisotopic (exact) mass is 269 g/mol. The van der Waals surface area contributed by atoms with Gasteiger partial charge in [0.15, 0.2) is 0 Å². The van der Waals surface area contributed by atoms with Gasteiger partial charge >= 0.3 is 5.97 Å². The topological polar surface area (TPSA) is 75.6 Å². The van der Waals surface area contributed by atoms with Crippen molar-refractivity contribution in [2.45, 2.75) is 51.7 Å².